The van der Waals surface area contributed by atoms with Crippen molar-refractivity contribution in [2.75, 3.05) is 13.2 Å². The lowest BCUT2D eigenvalue weighted by atomic mass is 9.81. The Kier molecular flexibility index (Phi) is 4.90. The Morgan fingerprint density at radius 2 is 1.76 bits per heavy atom. The summed E-state index contributed by atoms with van der Waals surface area (Å²) in [6, 6.07) is 15.2. The van der Waals surface area contributed by atoms with E-state index in [2.05, 4.69) is 40.2 Å². The molecule has 2 atom stereocenters. The number of carbonyl (C=O) groups excluding carboxylic acids is 1. The summed E-state index contributed by atoms with van der Waals surface area (Å²) in [6.07, 6.45) is 5.85. The molecule has 0 radical (unpaired) electrons. The molecular formula is C21H24N2O2. The molecule has 130 valence electrons. The zero-order valence-electron chi connectivity index (χ0n) is 14.4. The lowest BCUT2D eigenvalue weighted by Gasteiger charge is -2.48. The van der Waals surface area contributed by atoms with Gasteiger partial charge < -0.3 is 4.74 Å². The second kappa shape index (κ2) is 7.46. The summed E-state index contributed by atoms with van der Waals surface area (Å²) in [7, 11) is 0. The Hall–Kier alpha value is -2.04. The van der Waals surface area contributed by atoms with Crippen LogP contribution in [-0.4, -0.2) is 41.0 Å². The minimum Gasteiger partial charge on any atom is -0.378 e. The summed E-state index contributed by atoms with van der Waals surface area (Å²) in [4.78, 5) is 19.4. The molecule has 2 saturated heterocycles. The molecule has 2 unspecified atom stereocenters. The number of ketones is 1. The summed E-state index contributed by atoms with van der Waals surface area (Å²) in [5.41, 5.74) is 2.35. The van der Waals surface area contributed by atoms with Crippen LogP contribution in [0.5, 0.6) is 0 Å². The molecule has 4 nitrogen and oxygen atoms in total. The van der Waals surface area contributed by atoms with Crippen LogP contribution in [0.25, 0.3) is 0 Å². The number of morpholine rings is 1. The van der Waals surface area contributed by atoms with Crippen LogP contribution in [0.3, 0.4) is 0 Å². The van der Waals surface area contributed by atoms with Crippen molar-refractivity contribution < 1.29 is 9.53 Å². The molecule has 25 heavy (non-hydrogen) atoms. The standard InChI is InChI=1S/C21H24N2O2/c24-21(9-17-7-4-8-22-12-17)18-10-19-14-25-15-20(11-18)23(19)13-16-5-2-1-3-6-16/h1-8,12,18-20H,9-11,13-15H2. The SMILES string of the molecule is O=C(Cc1cccnc1)C1CC2COCC(C1)N2Cc1ccccc1. The van der Waals surface area contributed by atoms with Gasteiger partial charge in [-0.25, -0.2) is 0 Å². The third kappa shape index (κ3) is 3.80. The third-order valence-corrected chi connectivity index (χ3v) is 5.44. The number of pyridine rings is 1. The number of rotatable bonds is 5. The van der Waals surface area contributed by atoms with E-state index in [1.807, 2.05) is 12.1 Å². The van der Waals surface area contributed by atoms with Crippen molar-refractivity contribution in [3.63, 3.8) is 0 Å². The maximum atomic E-state index is 12.8. The fourth-order valence-corrected chi connectivity index (χ4v) is 4.15. The molecule has 2 aromatic rings. The van der Waals surface area contributed by atoms with Gasteiger partial charge in [0.2, 0.25) is 0 Å². The monoisotopic (exact) mass is 336 g/mol. The Bertz CT molecular complexity index is 690. The molecule has 3 heterocycles. The quantitative estimate of drug-likeness (QED) is 0.842. The number of fused-ring (bicyclic) bond motifs is 2. The van der Waals surface area contributed by atoms with E-state index in [0.717, 1.165) is 38.2 Å². The third-order valence-electron chi connectivity index (χ3n) is 5.44. The van der Waals surface area contributed by atoms with E-state index < -0.39 is 0 Å². The van der Waals surface area contributed by atoms with Gasteiger partial charge in [-0.05, 0) is 30.0 Å². The van der Waals surface area contributed by atoms with Crippen LogP contribution in [0.2, 0.25) is 0 Å². The molecule has 2 fully saturated rings. The van der Waals surface area contributed by atoms with Gasteiger partial charge in [0.15, 0.2) is 0 Å². The zero-order chi connectivity index (χ0) is 17.1. The number of aromatic nitrogens is 1. The first-order chi connectivity index (χ1) is 12.3. The molecule has 0 N–H and O–H groups in total. The number of ether oxygens (including phenoxy) is 1. The lowest BCUT2D eigenvalue weighted by molar-refractivity contribution is -0.133. The van der Waals surface area contributed by atoms with Gasteiger partial charge in [0.05, 0.1) is 13.2 Å². The van der Waals surface area contributed by atoms with Gasteiger partial charge in [0.1, 0.15) is 5.78 Å². The highest BCUT2D eigenvalue weighted by atomic mass is 16.5. The van der Waals surface area contributed by atoms with Gasteiger partial charge in [-0.2, -0.15) is 0 Å². The van der Waals surface area contributed by atoms with Gasteiger partial charge in [-0.15, -0.1) is 0 Å². The molecular weight excluding hydrogens is 312 g/mol. The van der Waals surface area contributed by atoms with Crippen LogP contribution in [-0.2, 0) is 22.5 Å². The average molecular weight is 336 g/mol. The van der Waals surface area contributed by atoms with Crippen LogP contribution in [0.15, 0.2) is 54.9 Å². The van der Waals surface area contributed by atoms with E-state index >= 15 is 0 Å². The topological polar surface area (TPSA) is 42.4 Å². The maximum absolute atomic E-state index is 12.8. The van der Waals surface area contributed by atoms with E-state index in [1.54, 1.807) is 12.4 Å². The summed E-state index contributed by atoms with van der Waals surface area (Å²) < 4.78 is 5.79. The average Bonchev–Trinajstić information content (AvgIpc) is 2.63. The van der Waals surface area contributed by atoms with E-state index in [9.17, 15) is 4.79 Å². The van der Waals surface area contributed by atoms with E-state index in [1.165, 1.54) is 5.56 Å². The van der Waals surface area contributed by atoms with Gasteiger partial charge in [0, 0.05) is 43.4 Å². The van der Waals surface area contributed by atoms with Crippen LogP contribution >= 0.6 is 0 Å². The first-order valence-corrected chi connectivity index (χ1v) is 9.08. The molecule has 0 saturated carbocycles. The minimum absolute atomic E-state index is 0.145. The molecule has 2 aliphatic rings. The van der Waals surface area contributed by atoms with E-state index in [-0.39, 0.29) is 5.92 Å². The number of hydrogen-bond donors (Lipinski definition) is 0. The molecule has 4 heteroatoms. The normalized spacial score (nSPS) is 26.3. The molecule has 0 amide bonds. The van der Waals surface area contributed by atoms with Crippen molar-refractivity contribution in [2.24, 2.45) is 5.92 Å². The van der Waals surface area contributed by atoms with Crippen molar-refractivity contribution in [1.29, 1.82) is 0 Å². The maximum Gasteiger partial charge on any atom is 0.140 e. The highest BCUT2D eigenvalue weighted by Gasteiger charge is 2.40. The van der Waals surface area contributed by atoms with E-state index in [4.69, 9.17) is 4.74 Å². The molecule has 0 aliphatic carbocycles. The Morgan fingerprint density at radius 3 is 2.44 bits per heavy atom. The Labute approximate surface area is 148 Å². The van der Waals surface area contributed by atoms with Crippen LogP contribution in [0.1, 0.15) is 24.0 Å². The molecule has 2 bridgehead atoms. The first kappa shape index (κ1) is 16.4. The van der Waals surface area contributed by atoms with Crippen molar-refractivity contribution >= 4 is 5.78 Å². The highest BCUT2D eigenvalue weighted by molar-refractivity contribution is 5.83. The van der Waals surface area contributed by atoms with Gasteiger partial charge in [-0.1, -0.05) is 36.4 Å². The van der Waals surface area contributed by atoms with Crippen LogP contribution < -0.4 is 0 Å². The Morgan fingerprint density at radius 1 is 1.04 bits per heavy atom. The highest BCUT2D eigenvalue weighted by Crippen LogP contribution is 2.33. The number of piperidine rings is 1. The fraction of sp³-hybridized carbons (Fsp3) is 0.429. The number of benzene rings is 1. The van der Waals surface area contributed by atoms with Gasteiger partial charge >= 0.3 is 0 Å². The molecule has 1 aromatic carbocycles. The summed E-state index contributed by atoms with van der Waals surface area (Å²) in [5.74, 6) is 0.496. The largest absolute Gasteiger partial charge is 0.378 e. The zero-order valence-corrected chi connectivity index (χ0v) is 14.4. The first-order valence-electron chi connectivity index (χ1n) is 9.08. The number of carbonyl (C=O) groups is 1. The van der Waals surface area contributed by atoms with Crippen molar-refractivity contribution in [2.45, 2.75) is 37.9 Å². The molecule has 4 rings (SSSR count). The number of nitrogens with zero attached hydrogens (tertiary/aromatic N) is 2. The van der Waals surface area contributed by atoms with Gasteiger partial charge in [0.25, 0.3) is 0 Å². The van der Waals surface area contributed by atoms with Crippen LogP contribution in [0, 0.1) is 5.92 Å². The summed E-state index contributed by atoms with van der Waals surface area (Å²) >= 11 is 0. The summed E-state index contributed by atoms with van der Waals surface area (Å²) in [6.45, 7) is 2.42. The predicted octanol–water partition coefficient (Wildman–Crippen LogP) is 2.87. The fourth-order valence-electron chi connectivity index (χ4n) is 4.15. The lowest BCUT2D eigenvalue weighted by Crippen LogP contribution is -2.57. The van der Waals surface area contributed by atoms with Crippen molar-refractivity contribution in [3.05, 3.63) is 66.0 Å². The second-order valence-corrected chi connectivity index (χ2v) is 7.18. The van der Waals surface area contributed by atoms with Gasteiger partial charge in [-0.3, -0.25) is 14.7 Å². The second-order valence-electron chi connectivity index (χ2n) is 7.18. The summed E-state index contributed by atoms with van der Waals surface area (Å²) in [5, 5.41) is 0. The van der Waals surface area contributed by atoms with Crippen molar-refractivity contribution in [3.8, 4) is 0 Å². The molecule has 0 spiro atoms. The smallest absolute Gasteiger partial charge is 0.140 e. The minimum atomic E-state index is 0.145. The van der Waals surface area contributed by atoms with Crippen LogP contribution in [0.4, 0.5) is 0 Å². The molecule has 2 aliphatic heterocycles. The Balaban J connectivity index is 1.43. The van der Waals surface area contributed by atoms with Crippen molar-refractivity contribution in [1.82, 2.24) is 9.88 Å². The molecule has 1 aromatic heterocycles. The predicted molar refractivity (Wildman–Crippen MR) is 96.1 cm³/mol. The number of Topliss-reactive ketones (excluding diaryl/α,β-unsaturated/α-hetero) is 1. The number of hydrogen-bond acceptors (Lipinski definition) is 4. The van der Waals surface area contributed by atoms with E-state index in [0.29, 0.717) is 24.3 Å².